The zero-order valence-electron chi connectivity index (χ0n) is 12.0. The maximum Gasteiger partial charge on any atom is 0.258 e. The molecule has 0 aliphatic heterocycles. The van der Waals surface area contributed by atoms with E-state index in [1.807, 2.05) is 39.0 Å². The zero-order chi connectivity index (χ0) is 14.5. The normalized spacial score (nSPS) is 11.9. The van der Waals surface area contributed by atoms with E-state index < -0.39 is 0 Å². The number of furan rings is 1. The fourth-order valence-electron chi connectivity index (χ4n) is 2.06. The molecule has 0 fully saturated rings. The van der Waals surface area contributed by atoms with E-state index >= 15 is 0 Å². The van der Waals surface area contributed by atoms with E-state index in [2.05, 4.69) is 11.4 Å². The molecule has 1 atom stereocenters. The summed E-state index contributed by atoms with van der Waals surface area (Å²) >= 11 is 0. The zero-order valence-corrected chi connectivity index (χ0v) is 12.0. The van der Waals surface area contributed by atoms with Gasteiger partial charge in [0.05, 0.1) is 12.3 Å². The van der Waals surface area contributed by atoms with Gasteiger partial charge in [-0.05, 0) is 56.2 Å². The summed E-state index contributed by atoms with van der Waals surface area (Å²) < 4.78 is 10.7. The van der Waals surface area contributed by atoms with Gasteiger partial charge in [-0.25, -0.2) is 0 Å². The first-order valence-electron chi connectivity index (χ1n) is 6.58. The van der Waals surface area contributed by atoms with Crippen molar-refractivity contribution >= 4 is 5.91 Å². The van der Waals surface area contributed by atoms with E-state index in [1.165, 1.54) is 0 Å². The average Bonchev–Trinajstić information content (AvgIpc) is 2.89. The summed E-state index contributed by atoms with van der Waals surface area (Å²) in [5, 5.41) is 2.82. The number of hydrogen-bond acceptors (Lipinski definition) is 3. The second-order valence-electron chi connectivity index (χ2n) is 4.92. The van der Waals surface area contributed by atoms with Crippen LogP contribution in [0.2, 0.25) is 0 Å². The number of rotatable bonds is 5. The van der Waals surface area contributed by atoms with E-state index in [4.69, 9.17) is 9.15 Å². The fraction of sp³-hybridized carbons (Fsp3) is 0.312. The van der Waals surface area contributed by atoms with Gasteiger partial charge in [-0.2, -0.15) is 0 Å². The fourth-order valence-corrected chi connectivity index (χ4v) is 2.06. The molecule has 0 unspecified atom stereocenters. The first-order valence-corrected chi connectivity index (χ1v) is 6.58. The molecule has 1 amide bonds. The summed E-state index contributed by atoms with van der Waals surface area (Å²) in [5.74, 6) is 1.26. The Labute approximate surface area is 118 Å². The topological polar surface area (TPSA) is 51.5 Å². The molecule has 1 N–H and O–H groups in total. The van der Waals surface area contributed by atoms with Gasteiger partial charge in [0, 0.05) is 0 Å². The maximum absolute atomic E-state index is 11.8. The molecule has 0 spiro atoms. The van der Waals surface area contributed by atoms with Crippen molar-refractivity contribution in [2.24, 2.45) is 0 Å². The molecule has 1 aromatic heterocycles. The lowest BCUT2D eigenvalue weighted by molar-refractivity contribution is -0.123. The molecule has 1 heterocycles. The lowest BCUT2D eigenvalue weighted by Gasteiger charge is -2.12. The van der Waals surface area contributed by atoms with Gasteiger partial charge in [0.1, 0.15) is 11.5 Å². The third-order valence-corrected chi connectivity index (χ3v) is 2.91. The monoisotopic (exact) mass is 273 g/mol. The number of carbonyl (C=O) groups is 1. The molecule has 4 nitrogen and oxygen atoms in total. The van der Waals surface area contributed by atoms with Crippen LogP contribution >= 0.6 is 0 Å². The number of nitrogens with one attached hydrogen (secondary N) is 1. The molecule has 2 aromatic rings. The van der Waals surface area contributed by atoms with Gasteiger partial charge in [0.25, 0.3) is 5.91 Å². The first-order chi connectivity index (χ1) is 9.54. The Morgan fingerprint density at radius 3 is 2.60 bits per heavy atom. The largest absolute Gasteiger partial charge is 0.484 e. The van der Waals surface area contributed by atoms with Gasteiger partial charge in [-0.15, -0.1) is 0 Å². The molecule has 2 rings (SSSR count). The van der Waals surface area contributed by atoms with Crippen LogP contribution in [0.3, 0.4) is 0 Å². The Morgan fingerprint density at radius 1 is 1.30 bits per heavy atom. The highest BCUT2D eigenvalue weighted by molar-refractivity contribution is 5.77. The highest BCUT2D eigenvalue weighted by Gasteiger charge is 2.12. The van der Waals surface area contributed by atoms with Crippen LogP contribution < -0.4 is 10.1 Å². The lowest BCUT2D eigenvalue weighted by Crippen LogP contribution is -2.31. The maximum atomic E-state index is 11.8. The van der Waals surface area contributed by atoms with Crippen molar-refractivity contribution in [3.8, 4) is 5.75 Å². The third kappa shape index (κ3) is 3.88. The van der Waals surface area contributed by atoms with Crippen molar-refractivity contribution in [2.45, 2.75) is 26.8 Å². The van der Waals surface area contributed by atoms with Gasteiger partial charge in [-0.3, -0.25) is 4.79 Å². The van der Waals surface area contributed by atoms with Crippen LogP contribution in [-0.4, -0.2) is 12.5 Å². The van der Waals surface area contributed by atoms with Gasteiger partial charge in [0.2, 0.25) is 0 Å². The summed E-state index contributed by atoms with van der Waals surface area (Å²) in [6, 6.07) is 9.35. The number of amides is 1. The molecule has 0 bridgehead atoms. The molecule has 0 aliphatic rings. The van der Waals surface area contributed by atoms with Crippen LogP contribution in [0.15, 0.2) is 41.0 Å². The number of benzene rings is 1. The molecule has 1 aromatic carbocycles. The summed E-state index contributed by atoms with van der Waals surface area (Å²) in [6.07, 6.45) is 1.59. The highest BCUT2D eigenvalue weighted by atomic mass is 16.5. The standard InChI is InChI=1S/C16H19NO3/c1-11-7-12(2)9-14(8-11)20-10-16(18)17-13(3)15-5-4-6-19-15/h4-9,13H,10H2,1-3H3,(H,17,18)/t13-/m1/s1. The van der Waals surface area contributed by atoms with Gasteiger partial charge < -0.3 is 14.5 Å². The minimum atomic E-state index is -0.173. The van der Waals surface area contributed by atoms with E-state index in [0.717, 1.165) is 16.9 Å². The molecule has 0 aliphatic carbocycles. The van der Waals surface area contributed by atoms with Gasteiger partial charge in [-0.1, -0.05) is 6.07 Å². The molecule has 0 radical (unpaired) electrons. The number of ether oxygens (including phenoxy) is 1. The van der Waals surface area contributed by atoms with Crippen LogP contribution in [0.5, 0.6) is 5.75 Å². The second kappa shape index (κ2) is 6.28. The predicted molar refractivity (Wildman–Crippen MR) is 76.7 cm³/mol. The molecule has 0 saturated heterocycles. The Kier molecular flexibility index (Phi) is 4.45. The van der Waals surface area contributed by atoms with Crippen LogP contribution in [0.4, 0.5) is 0 Å². The molecular weight excluding hydrogens is 254 g/mol. The Hall–Kier alpha value is -2.23. The minimum Gasteiger partial charge on any atom is -0.484 e. The molecule has 4 heteroatoms. The molecule has 106 valence electrons. The molecule has 0 saturated carbocycles. The number of aryl methyl sites for hydroxylation is 2. The van der Waals surface area contributed by atoms with Crippen molar-refractivity contribution in [3.05, 3.63) is 53.5 Å². The van der Waals surface area contributed by atoms with Crippen molar-refractivity contribution in [3.63, 3.8) is 0 Å². The Balaban J connectivity index is 1.86. The smallest absolute Gasteiger partial charge is 0.258 e. The Morgan fingerprint density at radius 2 is 2.00 bits per heavy atom. The van der Waals surface area contributed by atoms with Crippen LogP contribution in [0, 0.1) is 13.8 Å². The van der Waals surface area contributed by atoms with Crippen molar-refractivity contribution in [1.82, 2.24) is 5.32 Å². The van der Waals surface area contributed by atoms with Crippen molar-refractivity contribution in [1.29, 1.82) is 0 Å². The number of carbonyl (C=O) groups excluding carboxylic acids is 1. The van der Waals surface area contributed by atoms with E-state index in [1.54, 1.807) is 12.3 Å². The van der Waals surface area contributed by atoms with Gasteiger partial charge in [0.15, 0.2) is 6.61 Å². The second-order valence-corrected chi connectivity index (χ2v) is 4.92. The third-order valence-electron chi connectivity index (χ3n) is 2.91. The van der Waals surface area contributed by atoms with Crippen LogP contribution in [-0.2, 0) is 4.79 Å². The van der Waals surface area contributed by atoms with Crippen molar-refractivity contribution < 1.29 is 13.9 Å². The lowest BCUT2D eigenvalue weighted by atomic mass is 10.1. The number of hydrogen-bond donors (Lipinski definition) is 1. The molecule has 20 heavy (non-hydrogen) atoms. The summed E-state index contributed by atoms with van der Waals surface area (Å²) in [5.41, 5.74) is 2.23. The van der Waals surface area contributed by atoms with Crippen LogP contribution in [0.25, 0.3) is 0 Å². The average molecular weight is 273 g/mol. The minimum absolute atomic E-state index is 0.00601. The summed E-state index contributed by atoms with van der Waals surface area (Å²) in [4.78, 5) is 11.8. The summed E-state index contributed by atoms with van der Waals surface area (Å²) in [6.45, 7) is 5.86. The van der Waals surface area contributed by atoms with E-state index in [9.17, 15) is 4.79 Å². The van der Waals surface area contributed by atoms with Crippen LogP contribution in [0.1, 0.15) is 29.9 Å². The quantitative estimate of drug-likeness (QED) is 0.910. The van der Waals surface area contributed by atoms with Gasteiger partial charge >= 0.3 is 0 Å². The SMILES string of the molecule is Cc1cc(C)cc(OCC(=O)N[C@H](C)c2ccco2)c1. The first kappa shape index (κ1) is 14.2. The van der Waals surface area contributed by atoms with E-state index in [-0.39, 0.29) is 18.6 Å². The van der Waals surface area contributed by atoms with Crippen molar-refractivity contribution in [2.75, 3.05) is 6.61 Å². The predicted octanol–water partition coefficient (Wildman–Crippen LogP) is 3.15. The summed E-state index contributed by atoms with van der Waals surface area (Å²) in [7, 11) is 0. The highest BCUT2D eigenvalue weighted by Crippen LogP contribution is 2.16. The van der Waals surface area contributed by atoms with E-state index in [0.29, 0.717) is 5.75 Å². The molecular formula is C16H19NO3. The Bertz CT molecular complexity index is 555.